The van der Waals surface area contributed by atoms with Crippen molar-refractivity contribution in [3.8, 4) is 0 Å². The molecule has 33 heavy (non-hydrogen) atoms. The van der Waals surface area contributed by atoms with Crippen LogP contribution in [0.25, 0.3) is 10.9 Å². The smallest absolute Gasteiger partial charge is 0.252 e. The quantitative estimate of drug-likeness (QED) is 0.413. The molecule has 0 aliphatic heterocycles. The minimum atomic E-state index is -4.00. The summed E-state index contributed by atoms with van der Waals surface area (Å²) in [6, 6.07) is 22.6. The number of carbonyl (C=O) groups excluding carboxylic acids is 1. The zero-order valence-corrected chi connectivity index (χ0v) is 19.2. The molecular weight excluding hydrogens is 436 g/mol. The summed E-state index contributed by atoms with van der Waals surface area (Å²) in [6.07, 6.45) is 0. The van der Waals surface area contributed by atoms with Gasteiger partial charge in [-0.1, -0.05) is 54.6 Å². The Hall–Kier alpha value is -3.55. The van der Waals surface area contributed by atoms with Crippen LogP contribution in [0, 0.1) is 6.92 Å². The fraction of sp³-hybridized carbons (Fsp3) is 0.154. The number of sulfonamides is 1. The minimum absolute atomic E-state index is 0.0129. The van der Waals surface area contributed by atoms with Gasteiger partial charge in [0.05, 0.1) is 4.90 Å². The molecular formula is C26H24N2O4S. The highest BCUT2D eigenvalue weighted by Gasteiger charge is 2.26. The van der Waals surface area contributed by atoms with E-state index in [1.54, 1.807) is 18.2 Å². The van der Waals surface area contributed by atoms with Gasteiger partial charge in [-0.25, -0.2) is 8.42 Å². The first-order valence-corrected chi connectivity index (χ1v) is 12.0. The molecule has 0 amide bonds. The molecule has 4 aromatic rings. The van der Waals surface area contributed by atoms with E-state index >= 15 is 0 Å². The summed E-state index contributed by atoms with van der Waals surface area (Å²) in [5, 5.41) is 0.825. The standard InChI is InChI=1S/C26H24N2O4S/c1-18-11-12-22-14-23(26(30)27-25(22)13-18)17-28(16-20-7-4-3-5-8-20)33(31,32)24-10-6-9-21(15-24)19(2)29/h3-15H,16-17H2,1-2H3,(H,27,30). The number of fused-ring (bicyclic) bond motifs is 1. The Morgan fingerprint density at radius 2 is 1.67 bits per heavy atom. The molecule has 0 spiro atoms. The molecule has 0 unspecified atom stereocenters. The van der Waals surface area contributed by atoms with Crippen LogP contribution in [0.2, 0.25) is 0 Å². The van der Waals surface area contributed by atoms with Gasteiger partial charge in [0.25, 0.3) is 5.56 Å². The van der Waals surface area contributed by atoms with Crippen molar-refractivity contribution in [2.24, 2.45) is 0 Å². The molecule has 1 N–H and O–H groups in total. The van der Waals surface area contributed by atoms with Gasteiger partial charge in [-0.3, -0.25) is 9.59 Å². The van der Waals surface area contributed by atoms with Crippen LogP contribution in [0.5, 0.6) is 0 Å². The molecule has 0 aliphatic rings. The number of carbonyl (C=O) groups is 1. The first-order chi connectivity index (χ1) is 15.7. The topological polar surface area (TPSA) is 87.3 Å². The first kappa shape index (κ1) is 22.6. The van der Waals surface area contributed by atoms with E-state index in [-0.39, 0.29) is 29.3 Å². The molecule has 1 aromatic heterocycles. The average molecular weight is 461 g/mol. The van der Waals surface area contributed by atoms with Crippen LogP contribution in [-0.4, -0.2) is 23.5 Å². The van der Waals surface area contributed by atoms with Gasteiger partial charge in [0.15, 0.2) is 5.78 Å². The van der Waals surface area contributed by atoms with Gasteiger partial charge in [0.1, 0.15) is 0 Å². The Bertz CT molecular complexity index is 1490. The third-order valence-electron chi connectivity index (χ3n) is 5.51. The summed E-state index contributed by atoms with van der Waals surface area (Å²) in [7, 11) is -4.00. The molecule has 3 aromatic carbocycles. The number of aromatic nitrogens is 1. The Balaban J connectivity index is 1.79. The fourth-order valence-corrected chi connectivity index (χ4v) is 5.16. The van der Waals surface area contributed by atoms with Crippen LogP contribution >= 0.6 is 0 Å². The Kier molecular flexibility index (Phi) is 6.26. The van der Waals surface area contributed by atoms with Crippen molar-refractivity contribution in [3.63, 3.8) is 0 Å². The number of aromatic amines is 1. The van der Waals surface area contributed by atoms with Crippen LogP contribution in [0.1, 0.15) is 34.0 Å². The molecule has 1 heterocycles. The minimum Gasteiger partial charge on any atom is -0.322 e. The number of benzene rings is 3. The van der Waals surface area contributed by atoms with E-state index in [9.17, 15) is 18.0 Å². The van der Waals surface area contributed by atoms with Crippen molar-refractivity contribution < 1.29 is 13.2 Å². The summed E-state index contributed by atoms with van der Waals surface area (Å²) in [5.74, 6) is -0.220. The zero-order valence-electron chi connectivity index (χ0n) is 18.4. The van der Waals surface area contributed by atoms with E-state index in [0.29, 0.717) is 16.6 Å². The largest absolute Gasteiger partial charge is 0.322 e. The van der Waals surface area contributed by atoms with Gasteiger partial charge in [-0.15, -0.1) is 0 Å². The van der Waals surface area contributed by atoms with Crippen LogP contribution in [0.4, 0.5) is 0 Å². The third kappa shape index (κ3) is 4.94. The lowest BCUT2D eigenvalue weighted by molar-refractivity contribution is 0.101. The SMILES string of the molecule is CC(=O)c1cccc(S(=O)(=O)N(Cc2ccccc2)Cc2cc3ccc(C)cc3[nH]c2=O)c1. The maximum absolute atomic E-state index is 13.6. The summed E-state index contributed by atoms with van der Waals surface area (Å²) < 4.78 is 28.5. The van der Waals surface area contributed by atoms with Gasteiger partial charge in [-0.05, 0) is 54.6 Å². The monoisotopic (exact) mass is 460 g/mol. The van der Waals surface area contributed by atoms with Gasteiger partial charge < -0.3 is 4.98 Å². The summed E-state index contributed by atoms with van der Waals surface area (Å²) in [5.41, 5.74) is 2.83. The normalized spacial score (nSPS) is 11.7. The fourth-order valence-electron chi connectivity index (χ4n) is 3.71. The number of nitrogens with zero attached hydrogens (tertiary/aromatic N) is 1. The number of hydrogen-bond donors (Lipinski definition) is 1. The lowest BCUT2D eigenvalue weighted by Crippen LogP contribution is -2.32. The van der Waals surface area contributed by atoms with Gasteiger partial charge in [0, 0.05) is 29.7 Å². The summed E-state index contributed by atoms with van der Waals surface area (Å²) >= 11 is 0. The predicted octanol–water partition coefficient (Wildman–Crippen LogP) is 4.43. The van der Waals surface area contributed by atoms with Crippen molar-refractivity contribution in [3.05, 3.63) is 111 Å². The maximum Gasteiger partial charge on any atom is 0.252 e. The second-order valence-corrected chi connectivity index (χ2v) is 10.00. The van der Waals surface area contributed by atoms with Gasteiger partial charge >= 0.3 is 0 Å². The van der Waals surface area contributed by atoms with E-state index < -0.39 is 10.0 Å². The number of rotatable bonds is 7. The first-order valence-electron chi connectivity index (χ1n) is 10.5. The molecule has 0 saturated carbocycles. The number of pyridine rings is 1. The number of nitrogens with one attached hydrogen (secondary N) is 1. The molecule has 0 radical (unpaired) electrons. The van der Waals surface area contributed by atoms with Crippen molar-refractivity contribution in [2.45, 2.75) is 31.8 Å². The van der Waals surface area contributed by atoms with Gasteiger partial charge in [0.2, 0.25) is 10.0 Å². The molecule has 168 valence electrons. The number of hydrogen-bond acceptors (Lipinski definition) is 4. The summed E-state index contributed by atoms with van der Waals surface area (Å²) in [4.78, 5) is 27.5. The molecule has 4 rings (SSSR count). The van der Waals surface area contributed by atoms with Gasteiger partial charge in [-0.2, -0.15) is 4.31 Å². The molecule has 0 bridgehead atoms. The van der Waals surface area contributed by atoms with Crippen molar-refractivity contribution in [1.29, 1.82) is 0 Å². The van der Waals surface area contributed by atoms with Crippen molar-refractivity contribution in [2.75, 3.05) is 0 Å². The predicted molar refractivity (Wildman–Crippen MR) is 129 cm³/mol. The van der Waals surface area contributed by atoms with E-state index in [1.807, 2.05) is 55.5 Å². The highest BCUT2D eigenvalue weighted by Crippen LogP contribution is 2.23. The van der Waals surface area contributed by atoms with Crippen LogP contribution in [0.15, 0.2) is 88.6 Å². The Labute approximate surface area is 192 Å². The molecule has 0 fully saturated rings. The molecule has 0 aliphatic carbocycles. The lowest BCUT2D eigenvalue weighted by atomic mass is 10.1. The van der Waals surface area contributed by atoms with Crippen LogP contribution in [0.3, 0.4) is 0 Å². The molecule has 0 saturated heterocycles. The van der Waals surface area contributed by atoms with Crippen LogP contribution in [-0.2, 0) is 23.1 Å². The van der Waals surface area contributed by atoms with Crippen molar-refractivity contribution in [1.82, 2.24) is 9.29 Å². The Morgan fingerprint density at radius 3 is 2.39 bits per heavy atom. The number of Topliss-reactive ketones (excluding diaryl/α,β-unsaturated/α-hetero) is 1. The average Bonchev–Trinajstić information content (AvgIpc) is 2.80. The highest BCUT2D eigenvalue weighted by atomic mass is 32.2. The molecule has 0 atom stereocenters. The van der Waals surface area contributed by atoms with Crippen molar-refractivity contribution >= 4 is 26.7 Å². The van der Waals surface area contributed by atoms with E-state index in [0.717, 1.165) is 16.5 Å². The van der Waals surface area contributed by atoms with E-state index in [4.69, 9.17) is 0 Å². The third-order valence-corrected chi connectivity index (χ3v) is 7.29. The molecule has 6 nitrogen and oxygen atoms in total. The Morgan fingerprint density at radius 1 is 0.909 bits per heavy atom. The zero-order chi connectivity index (χ0) is 23.6. The molecule has 7 heteroatoms. The van der Waals surface area contributed by atoms with E-state index in [2.05, 4.69) is 4.98 Å². The second-order valence-electron chi connectivity index (χ2n) is 8.06. The number of H-pyrrole nitrogens is 1. The lowest BCUT2D eigenvalue weighted by Gasteiger charge is -2.23. The summed E-state index contributed by atoms with van der Waals surface area (Å²) in [6.45, 7) is 3.30. The maximum atomic E-state index is 13.6. The number of ketones is 1. The second kappa shape index (κ2) is 9.13. The number of aryl methyl sites for hydroxylation is 1. The van der Waals surface area contributed by atoms with E-state index in [1.165, 1.54) is 23.4 Å². The van der Waals surface area contributed by atoms with Crippen LogP contribution < -0.4 is 5.56 Å². The highest BCUT2D eigenvalue weighted by molar-refractivity contribution is 7.89.